The number of halogens is 1. The molecule has 0 unspecified atom stereocenters. The Labute approximate surface area is 151 Å². The Morgan fingerprint density at radius 3 is 2.64 bits per heavy atom. The molecule has 1 aromatic heterocycles. The van der Waals surface area contributed by atoms with E-state index in [-0.39, 0.29) is 4.90 Å². The number of hydrazine groups is 1. The molecule has 2 heterocycles. The van der Waals surface area contributed by atoms with Crippen LogP contribution in [0, 0.1) is 6.92 Å². The SMILES string of the molecule is Cc1ccc2cc3c(nc2c1)N(NS(=O)(=O)c1ccc(Cl)cc1)CC3. The summed E-state index contributed by atoms with van der Waals surface area (Å²) in [5.74, 6) is 0.663. The number of rotatable bonds is 3. The first-order valence-electron chi connectivity index (χ1n) is 7.88. The second kappa shape index (κ2) is 5.98. The van der Waals surface area contributed by atoms with E-state index in [1.807, 2.05) is 25.1 Å². The number of aryl methyl sites for hydroxylation is 1. The third-order valence-electron chi connectivity index (χ3n) is 4.24. The summed E-state index contributed by atoms with van der Waals surface area (Å²) in [5, 5.41) is 3.15. The molecule has 25 heavy (non-hydrogen) atoms. The van der Waals surface area contributed by atoms with Crippen molar-refractivity contribution >= 4 is 38.3 Å². The molecule has 0 atom stereocenters. The first-order valence-corrected chi connectivity index (χ1v) is 9.74. The highest BCUT2D eigenvalue weighted by Crippen LogP contribution is 2.29. The smallest absolute Gasteiger partial charge is 0.257 e. The maximum absolute atomic E-state index is 12.6. The van der Waals surface area contributed by atoms with Crippen LogP contribution in [-0.2, 0) is 16.4 Å². The minimum Gasteiger partial charge on any atom is -0.278 e. The van der Waals surface area contributed by atoms with Crippen LogP contribution < -0.4 is 9.84 Å². The molecule has 3 aromatic rings. The Kier molecular flexibility index (Phi) is 3.91. The van der Waals surface area contributed by atoms with Crippen LogP contribution in [0.25, 0.3) is 10.9 Å². The van der Waals surface area contributed by atoms with Gasteiger partial charge < -0.3 is 0 Å². The van der Waals surface area contributed by atoms with Gasteiger partial charge >= 0.3 is 0 Å². The number of anilines is 1. The van der Waals surface area contributed by atoms with Crippen molar-refractivity contribution in [1.29, 1.82) is 0 Å². The number of pyridine rings is 1. The number of sulfonamides is 1. The van der Waals surface area contributed by atoms with Gasteiger partial charge in [0.25, 0.3) is 10.0 Å². The van der Waals surface area contributed by atoms with Crippen LogP contribution in [0.2, 0.25) is 5.02 Å². The summed E-state index contributed by atoms with van der Waals surface area (Å²) in [6.45, 7) is 2.56. The average Bonchev–Trinajstić information content (AvgIpc) is 2.94. The largest absolute Gasteiger partial charge is 0.278 e. The summed E-state index contributed by atoms with van der Waals surface area (Å²) >= 11 is 5.83. The third-order valence-corrected chi connectivity index (χ3v) is 5.85. The number of nitrogens with one attached hydrogen (secondary N) is 1. The standard InChI is InChI=1S/C18H16ClN3O2S/c1-12-2-3-13-11-14-8-9-22(18(14)20-17(13)10-12)21-25(23,24)16-6-4-15(19)5-7-16/h2-7,10-11,21H,8-9H2,1H3. The van der Waals surface area contributed by atoms with Gasteiger partial charge in [0.05, 0.1) is 10.4 Å². The average molecular weight is 374 g/mol. The van der Waals surface area contributed by atoms with Crippen LogP contribution in [0.1, 0.15) is 11.1 Å². The van der Waals surface area contributed by atoms with E-state index < -0.39 is 10.0 Å². The lowest BCUT2D eigenvalue weighted by atomic mass is 10.1. The number of benzene rings is 2. The minimum absolute atomic E-state index is 0.169. The zero-order chi connectivity index (χ0) is 17.6. The van der Waals surface area contributed by atoms with Crippen molar-refractivity contribution in [2.45, 2.75) is 18.2 Å². The molecule has 1 N–H and O–H groups in total. The van der Waals surface area contributed by atoms with Gasteiger partial charge in [-0.1, -0.05) is 23.7 Å². The van der Waals surface area contributed by atoms with Crippen molar-refractivity contribution in [2.24, 2.45) is 0 Å². The Morgan fingerprint density at radius 2 is 1.88 bits per heavy atom. The highest BCUT2D eigenvalue weighted by atomic mass is 35.5. The molecule has 1 aliphatic heterocycles. The van der Waals surface area contributed by atoms with Gasteiger partial charge in [-0.2, -0.15) is 0 Å². The van der Waals surface area contributed by atoms with Crippen LogP contribution in [0.3, 0.4) is 0 Å². The Bertz CT molecular complexity index is 1070. The van der Waals surface area contributed by atoms with E-state index in [1.54, 1.807) is 17.1 Å². The second-order valence-electron chi connectivity index (χ2n) is 6.12. The predicted molar refractivity (Wildman–Crippen MR) is 99.3 cm³/mol. The van der Waals surface area contributed by atoms with Gasteiger partial charge in [-0.15, -0.1) is 4.83 Å². The highest BCUT2D eigenvalue weighted by Gasteiger charge is 2.26. The fourth-order valence-electron chi connectivity index (χ4n) is 2.97. The summed E-state index contributed by atoms with van der Waals surface area (Å²) in [6.07, 6.45) is 0.745. The molecule has 0 spiro atoms. The molecule has 0 fully saturated rings. The van der Waals surface area contributed by atoms with Gasteiger partial charge in [-0.25, -0.2) is 13.4 Å². The number of aromatic nitrogens is 1. The monoisotopic (exact) mass is 373 g/mol. The molecule has 7 heteroatoms. The van der Waals surface area contributed by atoms with Crippen molar-refractivity contribution in [3.63, 3.8) is 0 Å². The van der Waals surface area contributed by atoms with Crippen LogP contribution in [0.15, 0.2) is 53.4 Å². The van der Waals surface area contributed by atoms with Crippen LogP contribution >= 0.6 is 11.6 Å². The second-order valence-corrected chi connectivity index (χ2v) is 8.21. The molecule has 0 saturated carbocycles. The fraction of sp³-hybridized carbons (Fsp3) is 0.167. The Morgan fingerprint density at radius 1 is 1.12 bits per heavy atom. The van der Waals surface area contributed by atoms with E-state index in [2.05, 4.69) is 15.9 Å². The zero-order valence-electron chi connectivity index (χ0n) is 13.5. The van der Waals surface area contributed by atoms with Crippen molar-refractivity contribution in [1.82, 2.24) is 9.82 Å². The number of nitrogens with zero attached hydrogens (tertiary/aromatic N) is 2. The molecular weight excluding hydrogens is 358 g/mol. The lowest BCUT2D eigenvalue weighted by Gasteiger charge is -2.19. The number of fused-ring (bicyclic) bond motifs is 2. The van der Waals surface area contributed by atoms with Gasteiger partial charge in [-0.3, -0.25) is 5.01 Å². The molecule has 0 saturated heterocycles. The van der Waals surface area contributed by atoms with E-state index in [9.17, 15) is 8.42 Å². The summed E-state index contributed by atoms with van der Waals surface area (Å²) < 4.78 is 25.2. The van der Waals surface area contributed by atoms with Gasteiger partial charge in [-0.05, 0) is 60.9 Å². The van der Waals surface area contributed by atoms with E-state index in [4.69, 9.17) is 11.6 Å². The van der Waals surface area contributed by atoms with Gasteiger partial charge in [0.15, 0.2) is 0 Å². The third kappa shape index (κ3) is 3.08. The van der Waals surface area contributed by atoms with Gasteiger partial charge in [0, 0.05) is 17.0 Å². The molecule has 0 aliphatic carbocycles. The van der Waals surface area contributed by atoms with E-state index >= 15 is 0 Å². The first kappa shape index (κ1) is 16.3. The molecule has 0 amide bonds. The molecule has 128 valence electrons. The lowest BCUT2D eigenvalue weighted by Crippen LogP contribution is -2.41. The van der Waals surface area contributed by atoms with Crippen molar-refractivity contribution in [3.8, 4) is 0 Å². The van der Waals surface area contributed by atoms with Crippen molar-refractivity contribution in [3.05, 3.63) is 64.7 Å². The Balaban J connectivity index is 1.69. The molecule has 4 rings (SSSR count). The molecule has 5 nitrogen and oxygen atoms in total. The van der Waals surface area contributed by atoms with E-state index in [1.165, 1.54) is 12.1 Å². The summed E-state index contributed by atoms with van der Waals surface area (Å²) in [5.41, 5.74) is 3.01. The molecule has 0 bridgehead atoms. The summed E-state index contributed by atoms with van der Waals surface area (Å²) in [7, 11) is -3.69. The molecule has 1 aliphatic rings. The predicted octanol–water partition coefficient (Wildman–Crippen LogP) is 3.45. The summed E-state index contributed by atoms with van der Waals surface area (Å²) in [4.78, 5) is 7.46. The minimum atomic E-state index is -3.69. The van der Waals surface area contributed by atoms with Crippen LogP contribution in [0.4, 0.5) is 5.82 Å². The van der Waals surface area contributed by atoms with Gasteiger partial charge in [0.1, 0.15) is 5.82 Å². The summed E-state index contributed by atoms with van der Waals surface area (Å²) in [6, 6.07) is 14.3. The molecule has 0 radical (unpaired) electrons. The number of hydrogen-bond acceptors (Lipinski definition) is 4. The van der Waals surface area contributed by atoms with Crippen LogP contribution in [-0.4, -0.2) is 19.9 Å². The number of hydrogen-bond donors (Lipinski definition) is 1. The maximum atomic E-state index is 12.6. The zero-order valence-corrected chi connectivity index (χ0v) is 15.1. The van der Waals surface area contributed by atoms with Crippen molar-refractivity contribution < 1.29 is 8.42 Å². The topological polar surface area (TPSA) is 62.3 Å². The van der Waals surface area contributed by atoms with Crippen LogP contribution in [0.5, 0.6) is 0 Å². The fourth-order valence-corrected chi connectivity index (χ4v) is 4.16. The first-order chi connectivity index (χ1) is 11.9. The van der Waals surface area contributed by atoms with E-state index in [0.717, 1.165) is 28.5 Å². The maximum Gasteiger partial charge on any atom is 0.257 e. The molecule has 2 aromatic carbocycles. The normalized spacial score (nSPS) is 14.1. The highest BCUT2D eigenvalue weighted by molar-refractivity contribution is 7.89. The van der Waals surface area contributed by atoms with Crippen molar-refractivity contribution in [2.75, 3.05) is 11.6 Å². The quantitative estimate of drug-likeness (QED) is 0.763. The Hall–Kier alpha value is -2.15. The molecular formula is C18H16ClN3O2S. The van der Waals surface area contributed by atoms with E-state index in [0.29, 0.717) is 17.4 Å². The van der Waals surface area contributed by atoms with Gasteiger partial charge in [0.2, 0.25) is 0 Å². The lowest BCUT2D eigenvalue weighted by molar-refractivity contribution is 0.577.